The van der Waals surface area contributed by atoms with Crippen LogP contribution in [0, 0.1) is 0 Å². The Morgan fingerprint density at radius 2 is 1.74 bits per heavy atom. The molecule has 0 aromatic heterocycles. The van der Waals surface area contributed by atoms with Gasteiger partial charge in [-0.15, -0.1) is 13.2 Å². The maximum Gasteiger partial charge on any atom is 0.573 e. The van der Waals surface area contributed by atoms with Crippen molar-refractivity contribution in [1.29, 1.82) is 0 Å². The molecular weight excluding hydrogens is 435 g/mol. The van der Waals surface area contributed by atoms with E-state index in [1.165, 1.54) is 35.4 Å². The number of benzene rings is 1. The molecule has 0 radical (unpaired) electrons. The summed E-state index contributed by atoms with van der Waals surface area (Å²) in [5.74, 6) is -2.07. The van der Waals surface area contributed by atoms with Gasteiger partial charge in [-0.05, 0) is 46.3 Å². The van der Waals surface area contributed by atoms with Crippen molar-refractivity contribution in [3.8, 4) is 5.75 Å². The average molecular weight is 448 g/mol. The van der Waals surface area contributed by atoms with Gasteiger partial charge in [0.2, 0.25) is 0 Å². The van der Waals surface area contributed by atoms with Crippen LogP contribution in [0.5, 0.6) is 5.75 Å². The molecule has 6 nitrogen and oxygen atoms in total. The molecule has 1 aliphatic rings. The summed E-state index contributed by atoms with van der Waals surface area (Å²) in [5, 5.41) is 0. The molecule has 144 valence electrons. The van der Waals surface area contributed by atoms with Crippen LogP contribution in [-0.4, -0.2) is 32.5 Å². The summed E-state index contributed by atoms with van der Waals surface area (Å²) in [6, 6.07) is 3.45. The smallest absolute Gasteiger partial charge is 0.465 e. The Morgan fingerprint density at radius 1 is 1.07 bits per heavy atom. The monoisotopic (exact) mass is 447 g/mol. The third-order valence-corrected chi connectivity index (χ3v) is 3.94. The van der Waals surface area contributed by atoms with Gasteiger partial charge in [0.25, 0.3) is 0 Å². The van der Waals surface area contributed by atoms with Gasteiger partial charge in [0.05, 0.1) is 25.5 Å². The van der Waals surface area contributed by atoms with E-state index in [1.54, 1.807) is 0 Å². The fourth-order valence-electron chi connectivity index (χ4n) is 2.23. The van der Waals surface area contributed by atoms with E-state index < -0.39 is 24.1 Å². The number of allylic oxidation sites excluding steroid dienone is 2. The topological polar surface area (TPSA) is 65.1 Å². The molecule has 1 aliphatic heterocycles. The molecule has 0 saturated heterocycles. The van der Waals surface area contributed by atoms with Gasteiger partial charge in [-0.3, -0.25) is 0 Å². The van der Waals surface area contributed by atoms with Gasteiger partial charge in [-0.2, -0.15) is 0 Å². The van der Waals surface area contributed by atoms with Gasteiger partial charge in [0.15, 0.2) is 0 Å². The average Bonchev–Trinajstić information content (AvgIpc) is 2.82. The summed E-state index contributed by atoms with van der Waals surface area (Å²) in [6.45, 7) is 0. The van der Waals surface area contributed by atoms with Crippen molar-refractivity contribution in [3.63, 3.8) is 0 Å². The minimum atomic E-state index is -4.84. The number of carbonyl (C=O) groups is 2. The Balaban J connectivity index is 2.57. The van der Waals surface area contributed by atoms with Crippen LogP contribution in [0.1, 0.15) is 0 Å². The quantitative estimate of drug-likeness (QED) is 0.653. The number of hydrogen-bond donors (Lipinski definition) is 0. The van der Waals surface area contributed by atoms with Gasteiger partial charge < -0.3 is 19.1 Å². The van der Waals surface area contributed by atoms with E-state index in [9.17, 15) is 22.8 Å². The number of carbonyl (C=O) groups excluding carboxylic acids is 2. The van der Waals surface area contributed by atoms with Gasteiger partial charge in [0.1, 0.15) is 11.4 Å². The highest BCUT2D eigenvalue weighted by molar-refractivity contribution is 9.10. The van der Waals surface area contributed by atoms with E-state index in [4.69, 9.17) is 9.47 Å². The lowest BCUT2D eigenvalue weighted by molar-refractivity contribution is -0.274. The summed E-state index contributed by atoms with van der Waals surface area (Å²) < 4.78 is 50.6. The molecule has 0 saturated carbocycles. The number of halogens is 4. The molecule has 0 bridgehead atoms. The fraction of sp³-hybridized carbons (Fsp3) is 0.176. The maximum absolute atomic E-state index is 12.4. The minimum absolute atomic E-state index is 0.0862. The van der Waals surface area contributed by atoms with Crippen molar-refractivity contribution < 1.29 is 37.0 Å². The van der Waals surface area contributed by atoms with E-state index >= 15 is 0 Å². The first kappa shape index (κ1) is 20.6. The van der Waals surface area contributed by atoms with E-state index in [1.807, 2.05) is 0 Å². The van der Waals surface area contributed by atoms with Crippen molar-refractivity contribution >= 4 is 33.6 Å². The van der Waals surface area contributed by atoms with E-state index in [0.717, 1.165) is 26.4 Å². The lowest BCUT2D eigenvalue weighted by atomic mass is 10.1. The Morgan fingerprint density at radius 3 is 2.30 bits per heavy atom. The van der Waals surface area contributed by atoms with Crippen LogP contribution in [-0.2, 0) is 19.1 Å². The summed E-state index contributed by atoms with van der Waals surface area (Å²) in [7, 11) is 2.29. The second-order valence-corrected chi connectivity index (χ2v) is 5.83. The predicted octanol–water partition coefficient (Wildman–Crippen LogP) is 3.84. The van der Waals surface area contributed by atoms with Crippen molar-refractivity contribution in [2.24, 2.45) is 0 Å². The molecular formula is C17H13BrF3NO5. The molecule has 0 amide bonds. The molecule has 2 rings (SSSR count). The minimum Gasteiger partial charge on any atom is -0.465 e. The first-order chi connectivity index (χ1) is 12.7. The first-order valence-corrected chi connectivity index (χ1v) is 8.07. The largest absolute Gasteiger partial charge is 0.573 e. The van der Waals surface area contributed by atoms with E-state index in [2.05, 4.69) is 20.7 Å². The standard InChI is InChI=1S/C17H13BrF3NO5/c1-25-15(23)11-5-3-4-8-22(14(11)16(24)26-2)13-7-6-10(9-12(13)18)27-17(19,20)21/h3-9H,1-2H3. The molecule has 0 unspecified atom stereocenters. The molecule has 0 fully saturated rings. The van der Waals surface area contributed by atoms with Crippen molar-refractivity contribution in [2.45, 2.75) is 6.36 Å². The van der Waals surface area contributed by atoms with Crippen molar-refractivity contribution in [2.75, 3.05) is 19.1 Å². The lowest BCUT2D eigenvalue weighted by Crippen LogP contribution is -2.27. The lowest BCUT2D eigenvalue weighted by Gasteiger charge is -2.24. The maximum atomic E-state index is 12.4. The Kier molecular flexibility index (Phi) is 6.32. The molecule has 0 spiro atoms. The number of rotatable bonds is 4. The Labute approximate surface area is 160 Å². The highest BCUT2D eigenvalue weighted by Crippen LogP contribution is 2.36. The summed E-state index contributed by atoms with van der Waals surface area (Å²) >= 11 is 3.15. The van der Waals surface area contributed by atoms with Crippen LogP contribution in [0.2, 0.25) is 0 Å². The van der Waals surface area contributed by atoms with Crippen LogP contribution in [0.4, 0.5) is 18.9 Å². The molecule has 1 heterocycles. The van der Waals surface area contributed by atoms with Crippen LogP contribution >= 0.6 is 15.9 Å². The number of hydrogen-bond acceptors (Lipinski definition) is 6. The molecule has 10 heteroatoms. The van der Waals surface area contributed by atoms with Gasteiger partial charge in [-0.1, -0.05) is 6.08 Å². The number of anilines is 1. The normalized spacial score (nSPS) is 14.1. The molecule has 0 atom stereocenters. The van der Waals surface area contributed by atoms with Crippen LogP contribution in [0.15, 0.2) is 58.4 Å². The number of esters is 2. The third-order valence-electron chi connectivity index (χ3n) is 3.30. The van der Waals surface area contributed by atoms with Crippen LogP contribution in [0.25, 0.3) is 0 Å². The fourth-order valence-corrected chi connectivity index (χ4v) is 2.78. The molecule has 0 N–H and O–H groups in total. The SMILES string of the molecule is COC(=O)C1=C(C(=O)OC)N(c2ccc(OC(F)(F)F)cc2Br)C=CC=C1. The molecule has 1 aromatic rings. The van der Waals surface area contributed by atoms with Crippen molar-refractivity contribution in [1.82, 2.24) is 0 Å². The number of methoxy groups -OCH3 is 2. The second kappa shape index (κ2) is 8.30. The van der Waals surface area contributed by atoms with E-state index in [-0.39, 0.29) is 21.4 Å². The first-order valence-electron chi connectivity index (χ1n) is 7.28. The molecule has 27 heavy (non-hydrogen) atoms. The number of nitrogens with zero attached hydrogens (tertiary/aromatic N) is 1. The number of alkyl halides is 3. The highest BCUT2D eigenvalue weighted by atomic mass is 79.9. The predicted molar refractivity (Wildman–Crippen MR) is 92.6 cm³/mol. The Hall–Kier alpha value is -2.75. The highest BCUT2D eigenvalue weighted by Gasteiger charge is 2.32. The third kappa shape index (κ3) is 4.91. The van der Waals surface area contributed by atoms with Gasteiger partial charge in [0, 0.05) is 10.7 Å². The zero-order chi connectivity index (χ0) is 20.2. The summed E-state index contributed by atoms with van der Waals surface area (Å²) in [4.78, 5) is 25.7. The Bertz CT molecular complexity index is 845. The number of ether oxygens (including phenoxy) is 3. The zero-order valence-corrected chi connectivity index (χ0v) is 15.6. The van der Waals surface area contributed by atoms with Crippen LogP contribution in [0.3, 0.4) is 0 Å². The molecule has 1 aromatic carbocycles. The molecule has 0 aliphatic carbocycles. The van der Waals surface area contributed by atoms with Crippen molar-refractivity contribution in [3.05, 3.63) is 58.4 Å². The second-order valence-electron chi connectivity index (χ2n) is 4.98. The zero-order valence-electron chi connectivity index (χ0n) is 14.0. The van der Waals surface area contributed by atoms with E-state index in [0.29, 0.717) is 0 Å². The van der Waals surface area contributed by atoms with Gasteiger partial charge in [-0.25, -0.2) is 9.59 Å². The van der Waals surface area contributed by atoms with Crippen LogP contribution < -0.4 is 9.64 Å². The summed E-state index contributed by atoms with van der Waals surface area (Å²) in [6.07, 6.45) is 1.00. The summed E-state index contributed by atoms with van der Waals surface area (Å²) in [5.41, 5.74) is 0.0164. The van der Waals surface area contributed by atoms with Gasteiger partial charge >= 0.3 is 18.3 Å².